The summed E-state index contributed by atoms with van der Waals surface area (Å²) in [6.45, 7) is 9.34. The molecule has 3 rings (SSSR count). The number of hydrogen-bond donors (Lipinski definition) is 2. The molecule has 2 aromatic rings. The minimum Gasteiger partial charge on any atom is -0.379 e. The van der Waals surface area contributed by atoms with Crippen LogP contribution in [0.3, 0.4) is 0 Å². The molecule has 0 aromatic heterocycles. The van der Waals surface area contributed by atoms with Crippen molar-refractivity contribution in [3.05, 3.63) is 59.1 Å². The predicted molar refractivity (Wildman–Crippen MR) is 113 cm³/mol. The summed E-state index contributed by atoms with van der Waals surface area (Å²) < 4.78 is 5.49. The first-order valence-electron chi connectivity index (χ1n) is 8.91. The Morgan fingerprint density at radius 2 is 2.04 bits per heavy atom. The molecule has 2 aromatic carbocycles. The molecule has 27 heavy (non-hydrogen) atoms. The Bertz CT molecular complexity index is 867. The SMILES string of the molecule is C=C1Nc2cc(C(=O)NCCCOC(C)C)ccc2Sc2ccc(Cl)cc21. The molecule has 0 radical (unpaired) electrons. The van der Waals surface area contributed by atoms with Crippen molar-refractivity contribution in [2.45, 2.75) is 36.2 Å². The number of amides is 1. The molecule has 0 saturated carbocycles. The largest absolute Gasteiger partial charge is 0.379 e. The summed E-state index contributed by atoms with van der Waals surface area (Å²) in [7, 11) is 0. The van der Waals surface area contributed by atoms with Crippen LogP contribution in [0.4, 0.5) is 5.69 Å². The molecule has 2 N–H and O–H groups in total. The average Bonchev–Trinajstić information content (AvgIpc) is 2.76. The first-order chi connectivity index (χ1) is 12.9. The molecule has 1 aliphatic heterocycles. The van der Waals surface area contributed by atoms with E-state index in [0.29, 0.717) is 23.7 Å². The molecular weight excluding hydrogens is 380 g/mol. The van der Waals surface area contributed by atoms with Gasteiger partial charge in [-0.05, 0) is 56.7 Å². The number of nitrogens with one attached hydrogen (secondary N) is 2. The molecule has 0 spiro atoms. The summed E-state index contributed by atoms with van der Waals surface area (Å²) >= 11 is 7.75. The van der Waals surface area contributed by atoms with E-state index < -0.39 is 0 Å². The van der Waals surface area contributed by atoms with Crippen molar-refractivity contribution < 1.29 is 9.53 Å². The van der Waals surface area contributed by atoms with Crippen molar-refractivity contribution in [1.29, 1.82) is 0 Å². The van der Waals surface area contributed by atoms with E-state index in [0.717, 1.165) is 33.2 Å². The van der Waals surface area contributed by atoms with Gasteiger partial charge in [0.15, 0.2) is 0 Å². The van der Waals surface area contributed by atoms with Crippen LogP contribution in [0.1, 0.15) is 36.2 Å². The molecule has 0 aliphatic carbocycles. The zero-order valence-corrected chi connectivity index (χ0v) is 17.0. The van der Waals surface area contributed by atoms with Crippen LogP contribution in [-0.2, 0) is 4.74 Å². The minimum atomic E-state index is -0.0930. The Kier molecular flexibility index (Phi) is 6.47. The van der Waals surface area contributed by atoms with Crippen molar-refractivity contribution in [3.8, 4) is 0 Å². The summed E-state index contributed by atoms with van der Waals surface area (Å²) in [4.78, 5) is 14.6. The van der Waals surface area contributed by atoms with Crippen LogP contribution in [0.5, 0.6) is 0 Å². The van der Waals surface area contributed by atoms with E-state index in [1.165, 1.54) is 0 Å². The zero-order chi connectivity index (χ0) is 19.4. The number of carbonyl (C=O) groups is 1. The summed E-state index contributed by atoms with van der Waals surface area (Å²) in [6, 6.07) is 11.4. The molecule has 142 valence electrons. The predicted octanol–water partition coefficient (Wildman–Crippen LogP) is 5.43. The number of rotatable bonds is 6. The molecule has 1 heterocycles. The highest BCUT2D eigenvalue weighted by Crippen LogP contribution is 2.42. The van der Waals surface area contributed by atoms with Crippen LogP contribution < -0.4 is 10.6 Å². The van der Waals surface area contributed by atoms with Gasteiger partial charge in [0.25, 0.3) is 5.91 Å². The van der Waals surface area contributed by atoms with Gasteiger partial charge in [0.2, 0.25) is 0 Å². The topological polar surface area (TPSA) is 50.4 Å². The highest BCUT2D eigenvalue weighted by Gasteiger charge is 2.18. The van der Waals surface area contributed by atoms with E-state index >= 15 is 0 Å². The Morgan fingerprint density at radius 3 is 2.81 bits per heavy atom. The number of hydrogen-bond acceptors (Lipinski definition) is 4. The number of benzene rings is 2. The lowest BCUT2D eigenvalue weighted by Crippen LogP contribution is -2.25. The van der Waals surface area contributed by atoms with Crippen LogP contribution >= 0.6 is 23.4 Å². The molecule has 0 fully saturated rings. The minimum absolute atomic E-state index is 0.0930. The zero-order valence-electron chi connectivity index (χ0n) is 15.5. The standard InChI is InChI=1S/C21H23ClN2O2S/c1-13(2)26-10-4-9-23-21(25)15-5-7-20-18(11-15)24-14(3)17-12-16(22)6-8-19(17)27-20/h5-8,11-13,24H,3-4,9-10H2,1-2H3,(H,23,25). The number of halogens is 1. The molecule has 1 aliphatic rings. The van der Waals surface area contributed by atoms with Gasteiger partial charge in [-0.25, -0.2) is 0 Å². The van der Waals surface area contributed by atoms with Gasteiger partial charge in [0.1, 0.15) is 0 Å². The maximum atomic E-state index is 12.4. The highest BCUT2D eigenvalue weighted by atomic mass is 35.5. The first-order valence-corrected chi connectivity index (χ1v) is 10.1. The third kappa shape index (κ3) is 5.06. The molecule has 1 amide bonds. The maximum Gasteiger partial charge on any atom is 0.251 e. The van der Waals surface area contributed by atoms with Crippen molar-refractivity contribution >= 4 is 40.7 Å². The van der Waals surface area contributed by atoms with Gasteiger partial charge in [-0.2, -0.15) is 0 Å². The normalized spacial score (nSPS) is 12.8. The monoisotopic (exact) mass is 402 g/mol. The molecule has 0 bridgehead atoms. The van der Waals surface area contributed by atoms with Crippen molar-refractivity contribution in [2.24, 2.45) is 0 Å². The number of fused-ring (bicyclic) bond motifs is 2. The fourth-order valence-corrected chi connectivity index (χ4v) is 3.92. The van der Waals surface area contributed by atoms with Gasteiger partial charge in [-0.3, -0.25) is 4.79 Å². The number of carbonyl (C=O) groups excluding carboxylic acids is 1. The van der Waals surface area contributed by atoms with Crippen LogP contribution in [-0.4, -0.2) is 25.2 Å². The first kappa shape index (κ1) is 19.8. The molecule has 4 nitrogen and oxygen atoms in total. The summed E-state index contributed by atoms with van der Waals surface area (Å²) in [5.41, 5.74) is 3.22. The molecule has 6 heteroatoms. The molecular formula is C21H23ClN2O2S. The Morgan fingerprint density at radius 1 is 1.26 bits per heavy atom. The van der Waals surface area contributed by atoms with E-state index in [-0.39, 0.29) is 12.0 Å². The van der Waals surface area contributed by atoms with E-state index in [4.69, 9.17) is 16.3 Å². The summed E-state index contributed by atoms with van der Waals surface area (Å²) in [5, 5.41) is 6.92. The Hall–Kier alpha value is -1.95. The van der Waals surface area contributed by atoms with E-state index in [1.54, 1.807) is 11.8 Å². The highest BCUT2D eigenvalue weighted by molar-refractivity contribution is 7.99. The van der Waals surface area contributed by atoms with Gasteiger partial charge in [-0.15, -0.1) is 0 Å². The average molecular weight is 403 g/mol. The van der Waals surface area contributed by atoms with Crippen molar-refractivity contribution in [2.75, 3.05) is 18.5 Å². The third-order valence-corrected chi connectivity index (χ3v) is 5.46. The number of ether oxygens (including phenoxy) is 1. The van der Waals surface area contributed by atoms with Crippen LogP contribution in [0, 0.1) is 0 Å². The van der Waals surface area contributed by atoms with Gasteiger partial charge >= 0.3 is 0 Å². The summed E-state index contributed by atoms with van der Waals surface area (Å²) in [6.07, 6.45) is 0.997. The molecule has 0 atom stereocenters. The van der Waals surface area contributed by atoms with Crippen LogP contribution in [0.2, 0.25) is 5.02 Å². The van der Waals surface area contributed by atoms with Crippen LogP contribution in [0.25, 0.3) is 5.70 Å². The second kappa shape index (κ2) is 8.83. The lowest BCUT2D eigenvalue weighted by Gasteiger charge is -2.12. The van der Waals surface area contributed by atoms with Gasteiger partial charge < -0.3 is 15.4 Å². The second-order valence-corrected chi connectivity index (χ2v) is 8.11. The fraction of sp³-hybridized carbons (Fsp3) is 0.286. The second-order valence-electron chi connectivity index (χ2n) is 6.59. The van der Waals surface area contributed by atoms with E-state index in [1.807, 2.05) is 50.2 Å². The maximum absolute atomic E-state index is 12.4. The molecule has 0 unspecified atom stereocenters. The Balaban J connectivity index is 1.69. The van der Waals surface area contributed by atoms with E-state index in [2.05, 4.69) is 17.2 Å². The Labute approximate surface area is 169 Å². The fourth-order valence-electron chi connectivity index (χ4n) is 2.73. The third-order valence-electron chi connectivity index (χ3n) is 4.07. The molecule has 0 saturated heterocycles. The van der Waals surface area contributed by atoms with Gasteiger partial charge in [0.05, 0.1) is 11.8 Å². The lowest BCUT2D eigenvalue weighted by atomic mass is 10.1. The smallest absolute Gasteiger partial charge is 0.251 e. The quantitative estimate of drug-likeness (QED) is 0.632. The van der Waals surface area contributed by atoms with Crippen molar-refractivity contribution in [1.82, 2.24) is 5.32 Å². The van der Waals surface area contributed by atoms with Crippen LogP contribution in [0.15, 0.2) is 52.8 Å². The van der Waals surface area contributed by atoms with Crippen molar-refractivity contribution in [3.63, 3.8) is 0 Å². The summed E-state index contributed by atoms with van der Waals surface area (Å²) in [5.74, 6) is -0.0930. The van der Waals surface area contributed by atoms with E-state index in [9.17, 15) is 4.79 Å². The van der Waals surface area contributed by atoms with Gasteiger partial charge in [0, 0.05) is 44.8 Å². The lowest BCUT2D eigenvalue weighted by molar-refractivity contribution is 0.0757. The number of anilines is 1. The van der Waals surface area contributed by atoms with Gasteiger partial charge in [-0.1, -0.05) is 29.9 Å².